The van der Waals surface area contributed by atoms with Crippen molar-refractivity contribution in [3.8, 4) is 0 Å². The van der Waals surface area contributed by atoms with Crippen molar-refractivity contribution in [1.82, 2.24) is 20.4 Å². The maximum Gasteiger partial charge on any atom is 0.405 e. The van der Waals surface area contributed by atoms with Gasteiger partial charge < -0.3 is 25.2 Å². The monoisotopic (exact) mass is 498 g/mol. The normalized spacial score (nSPS) is 27.6. The van der Waals surface area contributed by atoms with Crippen LogP contribution in [0.1, 0.15) is 32.1 Å². The summed E-state index contributed by atoms with van der Waals surface area (Å²) in [6.07, 6.45) is -7.51. The molecule has 1 aliphatic carbocycles. The van der Waals surface area contributed by atoms with Gasteiger partial charge in [-0.1, -0.05) is 0 Å². The molecule has 192 valence electrons. The quantitative estimate of drug-likeness (QED) is 0.572. The van der Waals surface area contributed by atoms with Crippen molar-refractivity contribution in [2.45, 2.75) is 56.6 Å². The third-order valence-corrected chi connectivity index (χ3v) is 6.95. The number of amides is 3. The van der Waals surface area contributed by atoms with E-state index in [1.165, 1.54) is 0 Å². The van der Waals surface area contributed by atoms with Gasteiger partial charge in [0, 0.05) is 31.6 Å². The Morgan fingerprint density at radius 2 is 1.85 bits per heavy atom. The standard InChI is InChI=1S/C21H28F6N4O3/c22-20(23,24)6-14(7-28-10-21(25,26)27)3-13-4-19(5-13)11-31(12-19)18(33)30-2-1-16-15(8-30)29-17(32)9-34-16/h7,13,15-16,28H,1-6,8-12H2,(H,29,32)/b14-7-/t15-,16+/m1/s1. The molecule has 4 fully saturated rings. The number of carbonyl (C=O) groups excluding carboxylic acids is 2. The molecule has 1 saturated carbocycles. The number of rotatable bonds is 5. The predicted octanol–water partition coefficient (Wildman–Crippen LogP) is 2.79. The lowest BCUT2D eigenvalue weighted by molar-refractivity contribution is -0.140. The number of carbonyl (C=O) groups is 2. The molecule has 4 aliphatic rings. The molecule has 34 heavy (non-hydrogen) atoms. The molecule has 2 atom stereocenters. The van der Waals surface area contributed by atoms with Gasteiger partial charge in [-0.25, -0.2) is 4.79 Å². The molecule has 0 aromatic carbocycles. The smallest absolute Gasteiger partial charge is 0.382 e. The van der Waals surface area contributed by atoms with E-state index in [-0.39, 0.29) is 54.0 Å². The minimum atomic E-state index is -4.51. The highest BCUT2D eigenvalue weighted by Crippen LogP contribution is 2.54. The summed E-state index contributed by atoms with van der Waals surface area (Å²) >= 11 is 0. The molecule has 0 aromatic rings. The van der Waals surface area contributed by atoms with Crippen LogP contribution in [-0.4, -0.2) is 85.6 Å². The number of likely N-dealkylation sites (tertiary alicyclic amines) is 2. The number of halogens is 6. The number of piperidine rings is 1. The van der Waals surface area contributed by atoms with Crippen molar-refractivity contribution in [2.24, 2.45) is 11.3 Å². The first kappa shape index (κ1) is 24.9. The van der Waals surface area contributed by atoms with Gasteiger partial charge in [0.05, 0.1) is 18.6 Å². The molecule has 7 nitrogen and oxygen atoms in total. The lowest BCUT2D eigenvalue weighted by Crippen LogP contribution is -2.68. The second-order valence-corrected chi connectivity index (χ2v) is 9.97. The highest BCUT2D eigenvalue weighted by Gasteiger charge is 2.54. The predicted molar refractivity (Wildman–Crippen MR) is 107 cm³/mol. The maximum atomic E-state index is 12.8. The van der Waals surface area contributed by atoms with E-state index in [0.717, 1.165) is 6.20 Å². The average Bonchev–Trinajstić information content (AvgIpc) is 2.65. The molecule has 0 unspecified atom stereocenters. The molecular weight excluding hydrogens is 470 g/mol. The van der Waals surface area contributed by atoms with Crippen LogP contribution in [0, 0.1) is 11.3 Å². The second-order valence-electron chi connectivity index (χ2n) is 9.97. The van der Waals surface area contributed by atoms with Crippen LogP contribution in [0.3, 0.4) is 0 Å². The minimum absolute atomic E-state index is 0.0309. The topological polar surface area (TPSA) is 73.9 Å². The molecule has 3 aliphatic heterocycles. The number of urea groups is 1. The lowest BCUT2D eigenvalue weighted by atomic mass is 9.56. The Labute approximate surface area is 192 Å². The van der Waals surface area contributed by atoms with Gasteiger partial charge in [-0.3, -0.25) is 4.79 Å². The minimum Gasteiger partial charge on any atom is -0.382 e. The number of morpholine rings is 1. The van der Waals surface area contributed by atoms with Crippen LogP contribution in [0.15, 0.2) is 11.8 Å². The number of alkyl halides is 6. The number of ether oxygens (including phenoxy) is 1. The fraction of sp³-hybridized carbons (Fsp3) is 0.810. The summed E-state index contributed by atoms with van der Waals surface area (Å²) < 4.78 is 80.9. The number of hydrogen-bond acceptors (Lipinski definition) is 4. The van der Waals surface area contributed by atoms with Gasteiger partial charge in [0.1, 0.15) is 13.2 Å². The van der Waals surface area contributed by atoms with Gasteiger partial charge in [-0.05, 0) is 43.4 Å². The Morgan fingerprint density at radius 1 is 1.15 bits per heavy atom. The number of nitrogens with zero attached hydrogens (tertiary/aromatic N) is 2. The SMILES string of the molecule is O=C1CO[C@H]2CCN(C(=O)N3CC4(CC(C/C(=C/NCC(F)(F)F)CC(F)(F)F)C4)C3)C[C@H]2N1. The van der Waals surface area contributed by atoms with E-state index >= 15 is 0 Å². The van der Waals surface area contributed by atoms with Crippen LogP contribution in [0.25, 0.3) is 0 Å². The highest BCUT2D eigenvalue weighted by molar-refractivity contribution is 5.79. The van der Waals surface area contributed by atoms with E-state index in [4.69, 9.17) is 4.74 Å². The lowest BCUT2D eigenvalue weighted by Gasteiger charge is -2.60. The third-order valence-electron chi connectivity index (χ3n) is 6.95. The summed E-state index contributed by atoms with van der Waals surface area (Å²) in [5.74, 6) is -0.254. The molecular formula is C21H28F6N4O3. The van der Waals surface area contributed by atoms with Crippen LogP contribution < -0.4 is 10.6 Å². The van der Waals surface area contributed by atoms with Crippen molar-refractivity contribution >= 4 is 11.9 Å². The zero-order valence-corrected chi connectivity index (χ0v) is 18.5. The summed E-state index contributed by atoms with van der Waals surface area (Å²) in [7, 11) is 0. The van der Waals surface area contributed by atoms with Crippen molar-refractivity contribution in [2.75, 3.05) is 39.3 Å². The van der Waals surface area contributed by atoms with Crippen LogP contribution in [-0.2, 0) is 9.53 Å². The van der Waals surface area contributed by atoms with E-state index < -0.39 is 25.3 Å². The van der Waals surface area contributed by atoms with Crippen molar-refractivity contribution < 1.29 is 40.7 Å². The Hall–Kier alpha value is -2.18. The van der Waals surface area contributed by atoms with E-state index in [0.29, 0.717) is 45.4 Å². The van der Waals surface area contributed by atoms with Crippen LogP contribution in [0.2, 0.25) is 0 Å². The van der Waals surface area contributed by atoms with Gasteiger partial charge in [0.2, 0.25) is 5.91 Å². The Kier molecular flexibility index (Phi) is 6.69. The molecule has 13 heteroatoms. The van der Waals surface area contributed by atoms with Crippen molar-refractivity contribution in [3.05, 3.63) is 11.8 Å². The first-order valence-electron chi connectivity index (χ1n) is 11.3. The fourth-order valence-electron chi connectivity index (χ4n) is 5.66. The van der Waals surface area contributed by atoms with Crippen LogP contribution in [0.4, 0.5) is 31.1 Å². The number of allylic oxidation sites excluding steroid dienone is 1. The van der Waals surface area contributed by atoms with Gasteiger partial charge in [-0.15, -0.1) is 0 Å². The van der Waals surface area contributed by atoms with Gasteiger partial charge in [0.15, 0.2) is 0 Å². The highest BCUT2D eigenvalue weighted by atomic mass is 19.4. The molecule has 3 saturated heterocycles. The third kappa shape index (κ3) is 6.08. The van der Waals surface area contributed by atoms with E-state index in [9.17, 15) is 35.9 Å². The van der Waals surface area contributed by atoms with E-state index in [1.807, 2.05) is 5.32 Å². The molecule has 0 bridgehead atoms. The first-order chi connectivity index (χ1) is 15.8. The second kappa shape index (κ2) is 9.12. The number of hydrogen-bond donors (Lipinski definition) is 2. The zero-order valence-electron chi connectivity index (χ0n) is 18.5. The van der Waals surface area contributed by atoms with Crippen molar-refractivity contribution in [3.63, 3.8) is 0 Å². The Morgan fingerprint density at radius 3 is 2.50 bits per heavy atom. The average molecular weight is 498 g/mol. The molecule has 3 heterocycles. The summed E-state index contributed by atoms with van der Waals surface area (Å²) in [5, 5.41) is 4.80. The van der Waals surface area contributed by atoms with Gasteiger partial charge in [-0.2, -0.15) is 26.3 Å². The van der Waals surface area contributed by atoms with Gasteiger partial charge in [0.25, 0.3) is 0 Å². The van der Waals surface area contributed by atoms with Gasteiger partial charge >= 0.3 is 18.4 Å². The molecule has 1 spiro atoms. The number of fused-ring (bicyclic) bond motifs is 1. The zero-order chi connectivity index (χ0) is 24.7. The Bertz CT molecular complexity index is 816. The van der Waals surface area contributed by atoms with E-state index in [2.05, 4.69) is 5.32 Å². The van der Waals surface area contributed by atoms with Crippen molar-refractivity contribution in [1.29, 1.82) is 0 Å². The summed E-state index contributed by atoms with van der Waals surface area (Å²) in [6, 6.07) is -0.353. The van der Waals surface area contributed by atoms with E-state index in [1.54, 1.807) is 9.80 Å². The first-order valence-corrected chi connectivity index (χ1v) is 11.3. The Balaban J connectivity index is 1.23. The molecule has 0 aromatic heterocycles. The number of nitrogens with one attached hydrogen (secondary N) is 2. The molecule has 2 N–H and O–H groups in total. The molecule has 3 amide bonds. The maximum absolute atomic E-state index is 12.8. The molecule has 4 rings (SSSR count). The van der Waals surface area contributed by atoms with Crippen LogP contribution in [0.5, 0.6) is 0 Å². The fourth-order valence-corrected chi connectivity index (χ4v) is 5.66. The summed E-state index contributed by atoms with van der Waals surface area (Å²) in [6.45, 7) is 0.578. The van der Waals surface area contributed by atoms with Crippen LogP contribution >= 0.6 is 0 Å². The summed E-state index contributed by atoms with van der Waals surface area (Å²) in [5.41, 5.74) is -0.215. The largest absolute Gasteiger partial charge is 0.405 e. The summed E-state index contributed by atoms with van der Waals surface area (Å²) in [4.78, 5) is 27.8. The molecule has 0 radical (unpaired) electrons.